The number of alkyl halides is 2. The number of aromatic carboxylic acids is 1. The average molecular weight is 695 g/mol. The number of amides is 2. The van der Waals surface area contributed by atoms with Gasteiger partial charge in [-0.15, -0.1) is 0 Å². The van der Waals surface area contributed by atoms with Gasteiger partial charge >= 0.3 is 5.97 Å². The summed E-state index contributed by atoms with van der Waals surface area (Å²) in [6.07, 6.45) is 3.10. The number of carbonyl (C=O) groups excluding carboxylic acids is 2. The number of halogens is 3. The van der Waals surface area contributed by atoms with Crippen LogP contribution in [0.1, 0.15) is 75.9 Å². The number of nitrogens with zero attached hydrogens (tertiary/aromatic N) is 4. The van der Waals surface area contributed by atoms with Crippen molar-refractivity contribution in [2.24, 2.45) is 16.7 Å². The Labute approximate surface area is 288 Å². The summed E-state index contributed by atoms with van der Waals surface area (Å²) < 4.78 is 54.2. The summed E-state index contributed by atoms with van der Waals surface area (Å²) in [4.78, 5) is 43.1. The van der Waals surface area contributed by atoms with Gasteiger partial charge in [0.25, 0.3) is 5.91 Å². The van der Waals surface area contributed by atoms with Crippen molar-refractivity contribution in [1.82, 2.24) is 19.6 Å². The van der Waals surface area contributed by atoms with E-state index < -0.39 is 22.7 Å². The fourth-order valence-electron chi connectivity index (χ4n) is 8.07. The molecule has 1 aliphatic carbocycles. The van der Waals surface area contributed by atoms with Crippen molar-refractivity contribution in [3.05, 3.63) is 88.5 Å². The topological polar surface area (TPSA) is 114 Å². The van der Waals surface area contributed by atoms with Gasteiger partial charge in [0.15, 0.2) is 0 Å². The molecule has 10 nitrogen and oxygen atoms in total. The first kappa shape index (κ1) is 34.2. The van der Waals surface area contributed by atoms with E-state index in [0.29, 0.717) is 62.6 Å². The Balaban J connectivity index is 1.05. The number of hydrogen-bond donors (Lipinski definition) is 1. The molecule has 7 rings (SSSR count). The van der Waals surface area contributed by atoms with Crippen molar-refractivity contribution in [2.45, 2.75) is 57.6 Å². The molecule has 3 aromatic rings. The molecular weight excluding hydrogens is 653 g/mol. The molecule has 50 heavy (non-hydrogen) atoms. The first-order valence-corrected chi connectivity index (χ1v) is 17.1. The molecule has 0 unspecified atom stereocenters. The third-order valence-electron chi connectivity index (χ3n) is 11.0. The van der Waals surface area contributed by atoms with Crippen molar-refractivity contribution >= 4 is 17.8 Å². The van der Waals surface area contributed by atoms with Crippen LogP contribution in [0.25, 0.3) is 0 Å². The van der Waals surface area contributed by atoms with Crippen LogP contribution in [0.4, 0.5) is 13.2 Å². The lowest BCUT2D eigenvalue weighted by atomic mass is 9.70. The van der Waals surface area contributed by atoms with Crippen LogP contribution < -0.4 is 0 Å². The third-order valence-corrected chi connectivity index (χ3v) is 11.0. The van der Waals surface area contributed by atoms with E-state index in [0.717, 1.165) is 5.56 Å². The van der Waals surface area contributed by atoms with Crippen molar-refractivity contribution in [1.29, 1.82) is 0 Å². The molecular formula is C37H41F3N4O6. The van der Waals surface area contributed by atoms with Gasteiger partial charge in [-0.2, -0.15) is 5.10 Å². The number of aromatic nitrogens is 2. The second-order valence-electron chi connectivity index (χ2n) is 14.8. The molecule has 1 N–H and O–H groups in total. The zero-order valence-electron chi connectivity index (χ0n) is 28.0. The van der Waals surface area contributed by atoms with Crippen LogP contribution in [0.15, 0.2) is 54.9 Å². The fraction of sp³-hybridized carbons (Fsp3) is 0.514. The molecule has 2 amide bonds. The molecule has 4 fully saturated rings. The molecule has 0 bridgehead atoms. The van der Waals surface area contributed by atoms with Crippen LogP contribution in [0.5, 0.6) is 0 Å². The normalized spacial score (nSPS) is 22.3. The second kappa shape index (κ2) is 13.1. The van der Waals surface area contributed by atoms with Crippen LogP contribution >= 0.6 is 0 Å². The van der Waals surface area contributed by atoms with E-state index in [4.69, 9.17) is 9.47 Å². The lowest BCUT2D eigenvalue weighted by Crippen LogP contribution is -2.67. The monoisotopic (exact) mass is 694 g/mol. The van der Waals surface area contributed by atoms with Crippen LogP contribution in [-0.4, -0.2) is 94.4 Å². The number of carboxylic acids is 1. The summed E-state index contributed by atoms with van der Waals surface area (Å²) in [7, 11) is 0. The van der Waals surface area contributed by atoms with E-state index in [1.54, 1.807) is 46.1 Å². The van der Waals surface area contributed by atoms with Crippen molar-refractivity contribution in [2.75, 3.05) is 46.0 Å². The number of hydrogen-bond acceptors (Lipinski definition) is 6. The number of carboxylic acid groups (broad SMARTS) is 1. The highest BCUT2D eigenvalue weighted by molar-refractivity contribution is 5.94. The number of carbonyl (C=O) groups is 3. The van der Waals surface area contributed by atoms with Gasteiger partial charge in [-0.05, 0) is 54.5 Å². The quantitative estimate of drug-likeness (QED) is 0.310. The van der Waals surface area contributed by atoms with Gasteiger partial charge < -0.3 is 24.4 Å². The number of ether oxygens (including phenoxy) is 2. The molecule has 0 radical (unpaired) electrons. The molecule has 4 heterocycles. The zero-order valence-corrected chi connectivity index (χ0v) is 28.0. The molecule has 4 aliphatic rings. The maximum absolute atomic E-state index is 13.9. The van der Waals surface area contributed by atoms with E-state index in [-0.39, 0.29) is 73.9 Å². The highest BCUT2D eigenvalue weighted by atomic mass is 19.3. The molecule has 2 aromatic carbocycles. The van der Waals surface area contributed by atoms with E-state index in [1.807, 2.05) is 11.8 Å². The summed E-state index contributed by atoms with van der Waals surface area (Å²) in [5, 5.41) is 14.5. The van der Waals surface area contributed by atoms with Crippen LogP contribution in [0, 0.1) is 22.6 Å². The molecule has 1 saturated carbocycles. The Morgan fingerprint density at radius 3 is 2.38 bits per heavy atom. The Bertz CT molecular complexity index is 1760. The first-order valence-electron chi connectivity index (χ1n) is 17.1. The molecule has 1 spiro atoms. The van der Waals surface area contributed by atoms with Gasteiger partial charge in [0.2, 0.25) is 11.8 Å². The minimum Gasteiger partial charge on any atom is -0.478 e. The summed E-state index contributed by atoms with van der Waals surface area (Å²) in [6.45, 7) is 4.99. The average Bonchev–Trinajstić information content (AvgIpc) is 3.68. The van der Waals surface area contributed by atoms with Gasteiger partial charge in [-0.1, -0.05) is 30.3 Å². The SMILES string of the molecule is CC1(C(=O)N2CC3(CN(C(=O)c4cnn(Cc5ccc(F)cc5)c4)C[C@H]3COCc3cccc(C4CCC(F)(F)CC4)c3C(=O)O)C2)COC1. The molecule has 1 atom stereocenters. The van der Waals surface area contributed by atoms with E-state index in [2.05, 4.69) is 5.10 Å². The van der Waals surface area contributed by atoms with E-state index >= 15 is 0 Å². The van der Waals surface area contributed by atoms with Crippen LogP contribution in [0.2, 0.25) is 0 Å². The first-order chi connectivity index (χ1) is 23.8. The lowest BCUT2D eigenvalue weighted by Gasteiger charge is -2.54. The highest BCUT2D eigenvalue weighted by Gasteiger charge is 2.58. The van der Waals surface area contributed by atoms with Crippen molar-refractivity contribution in [3.8, 4) is 0 Å². The van der Waals surface area contributed by atoms with Crippen molar-refractivity contribution in [3.63, 3.8) is 0 Å². The Morgan fingerprint density at radius 1 is 1.02 bits per heavy atom. The fourth-order valence-corrected chi connectivity index (χ4v) is 8.07. The third kappa shape index (κ3) is 6.64. The van der Waals surface area contributed by atoms with Gasteiger partial charge in [-0.3, -0.25) is 14.3 Å². The minimum atomic E-state index is -2.72. The van der Waals surface area contributed by atoms with E-state index in [1.165, 1.54) is 18.3 Å². The van der Waals surface area contributed by atoms with Gasteiger partial charge in [-0.25, -0.2) is 18.0 Å². The number of benzene rings is 2. The predicted molar refractivity (Wildman–Crippen MR) is 174 cm³/mol. The Morgan fingerprint density at radius 2 is 1.72 bits per heavy atom. The summed E-state index contributed by atoms with van der Waals surface area (Å²) in [5.74, 6) is -4.73. The second-order valence-corrected chi connectivity index (χ2v) is 14.8. The van der Waals surface area contributed by atoms with Gasteiger partial charge in [0.05, 0.1) is 55.7 Å². The van der Waals surface area contributed by atoms with Crippen molar-refractivity contribution < 1.29 is 42.1 Å². The molecule has 1 aromatic heterocycles. The van der Waals surface area contributed by atoms with Gasteiger partial charge in [0, 0.05) is 56.6 Å². The molecule has 266 valence electrons. The summed E-state index contributed by atoms with van der Waals surface area (Å²) in [5.41, 5.74) is 1.45. The maximum atomic E-state index is 13.9. The molecule has 3 aliphatic heterocycles. The molecule has 13 heteroatoms. The Hall–Kier alpha value is -4.23. The van der Waals surface area contributed by atoms with E-state index in [9.17, 15) is 32.7 Å². The van der Waals surface area contributed by atoms with Crippen LogP contribution in [0.3, 0.4) is 0 Å². The predicted octanol–water partition coefficient (Wildman–Crippen LogP) is 5.22. The minimum absolute atomic E-state index is 0.00703. The largest absolute Gasteiger partial charge is 0.478 e. The Kier molecular flexibility index (Phi) is 9.00. The summed E-state index contributed by atoms with van der Waals surface area (Å²) in [6, 6.07) is 11.2. The van der Waals surface area contributed by atoms with Gasteiger partial charge in [0.1, 0.15) is 5.82 Å². The zero-order chi connectivity index (χ0) is 35.3. The smallest absolute Gasteiger partial charge is 0.336 e. The van der Waals surface area contributed by atoms with Crippen LogP contribution in [-0.2, 0) is 27.4 Å². The maximum Gasteiger partial charge on any atom is 0.336 e. The standard InChI is InChI=1S/C37H41F3N4O6/c1-35(22-50-23-35)34(48)43-20-36(21-43)19-42(32(45)27-13-41-44(15-27)14-24-5-7-29(38)8-6-24)16-28(36)18-49-17-26-3-2-4-30(31(26)33(46)47)25-9-11-37(39,40)12-10-25/h2-8,13,15,25,28H,9-12,14,16-23H2,1H3,(H,46,47)/t28-/m0/s1. The summed E-state index contributed by atoms with van der Waals surface area (Å²) >= 11 is 0. The lowest BCUT2D eigenvalue weighted by molar-refractivity contribution is -0.182. The number of likely N-dealkylation sites (tertiary alicyclic amines) is 2. The highest BCUT2D eigenvalue weighted by Crippen LogP contribution is 2.47. The molecule has 3 saturated heterocycles. The number of rotatable bonds is 10.